The second-order valence-corrected chi connectivity index (χ2v) is 12.9. The number of aryl methyl sites for hydroxylation is 1. The molecule has 0 radical (unpaired) electrons. The molecule has 0 bridgehead atoms. The highest BCUT2D eigenvalue weighted by Gasteiger charge is 2.36. The van der Waals surface area contributed by atoms with Crippen molar-refractivity contribution in [2.45, 2.75) is 44.4 Å². The molecule has 0 unspecified atom stereocenters. The van der Waals surface area contributed by atoms with Crippen LogP contribution in [-0.4, -0.2) is 48.9 Å². The molecule has 5 rings (SSSR count). The highest BCUT2D eigenvalue weighted by Crippen LogP contribution is 2.41. The van der Waals surface area contributed by atoms with Crippen LogP contribution >= 0.6 is 11.3 Å². The molecule has 1 aromatic carbocycles. The van der Waals surface area contributed by atoms with Crippen molar-refractivity contribution in [3.8, 4) is 0 Å². The lowest BCUT2D eigenvalue weighted by atomic mass is 9.79. The third-order valence-electron chi connectivity index (χ3n) is 7.35. The molecule has 9 heteroatoms. The van der Waals surface area contributed by atoms with Gasteiger partial charge in [0.05, 0.1) is 21.8 Å². The Balaban J connectivity index is 1.33. The Morgan fingerprint density at radius 1 is 1.18 bits per heavy atom. The Bertz CT molecular complexity index is 1300. The van der Waals surface area contributed by atoms with Crippen molar-refractivity contribution in [3.05, 3.63) is 52.7 Å². The highest BCUT2D eigenvalue weighted by atomic mass is 32.2. The Kier molecular flexibility index (Phi) is 6.33. The highest BCUT2D eigenvalue weighted by molar-refractivity contribution is 7.91. The van der Waals surface area contributed by atoms with Gasteiger partial charge in [-0.05, 0) is 43.2 Å². The van der Waals surface area contributed by atoms with Crippen molar-refractivity contribution in [2.24, 2.45) is 5.92 Å². The van der Waals surface area contributed by atoms with E-state index < -0.39 is 9.84 Å². The molecule has 1 aliphatic carbocycles. The zero-order valence-corrected chi connectivity index (χ0v) is 21.0. The molecule has 7 nitrogen and oxygen atoms in total. The lowest BCUT2D eigenvalue weighted by Crippen LogP contribution is -2.39. The summed E-state index contributed by atoms with van der Waals surface area (Å²) in [7, 11) is -2.92. The van der Waals surface area contributed by atoms with E-state index in [-0.39, 0.29) is 28.7 Å². The van der Waals surface area contributed by atoms with Crippen molar-refractivity contribution in [2.75, 3.05) is 29.9 Å². The maximum absolute atomic E-state index is 13.3. The van der Waals surface area contributed by atoms with Gasteiger partial charge in [0, 0.05) is 18.5 Å². The molecular formula is C25H30N4O3S2. The number of nitrogens with zero attached hydrogens (tertiary/aromatic N) is 2. The minimum absolute atomic E-state index is 0.00432. The van der Waals surface area contributed by atoms with Crippen LogP contribution in [0, 0.1) is 12.8 Å². The van der Waals surface area contributed by atoms with Crippen LogP contribution in [0.25, 0.3) is 10.2 Å². The number of anilines is 1. The number of sulfone groups is 1. The summed E-state index contributed by atoms with van der Waals surface area (Å²) in [6, 6.07) is 10.5. The minimum Gasteiger partial charge on any atom is -0.369 e. The van der Waals surface area contributed by atoms with Gasteiger partial charge < -0.3 is 10.6 Å². The maximum Gasteiger partial charge on any atom is 0.261 e. The van der Waals surface area contributed by atoms with Gasteiger partial charge in [-0.3, -0.25) is 4.79 Å². The molecule has 2 N–H and O–H groups in total. The number of carbonyl (C=O) groups excluding carboxylic acids is 1. The zero-order chi connectivity index (χ0) is 23.8. The number of rotatable bonds is 7. The van der Waals surface area contributed by atoms with Crippen LogP contribution in [0.4, 0.5) is 5.82 Å². The van der Waals surface area contributed by atoms with Gasteiger partial charge in [0.2, 0.25) is 0 Å². The van der Waals surface area contributed by atoms with Crippen LogP contribution in [0.15, 0.2) is 36.7 Å². The van der Waals surface area contributed by atoms with Gasteiger partial charge in [-0.2, -0.15) is 0 Å². The fraction of sp³-hybridized carbons (Fsp3) is 0.480. The fourth-order valence-electron chi connectivity index (χ4n) is 5.44. The average Bonchev–Trinajstić information content (AvgIpc) is 3.55. The van der Waals surface area contributed by atoms with Crippen molar-refractivity contribution < 1.29 is 13.2 Å². The van der Waals surface area contributed by atoms with Crippen LogP contribution in [0.5, 0.6) is 0 Å². The number of carbonyl (C=O) groups is 1. The molecule has 1 amide bonds. The van der Waals surface area contributed by atoms with Gasteiger partial charge in [0.25, 0.3) is 5.91 Å². The summed E-state index contributed by atoms with van der Waals surface area (Å²) in [5.41, 5.74) is 2.15. The quantitative estimate of drug-likeness (QED) is 0.509. The topological polar surface area (TPSA) is 101 Å². The van der Waals surface area contributed by atoms with E-state index in [1.807, 2.05) is 13.0 Å². The van der Waals surface area contributed by atoms with Crippen molar-refractivity contribution >= 4 is 43.1 Å². The zero-order valence-electron chi connectivity index (χ0n) is 19.3. The first-order chi connectivity index (χ1) is 16.4. The van der Waals surface area contributed by atoms with E-state index in [1.165, 1.54) is 36.1 Å². The van der Waals surface area contributed by atoms with Gasteiger partial charge >= 0.3 is 0 Å². The standard InChI is InChI=1S/C25H30N4O3S2/c1-17-20-22(26-13-18-9-12-34(31,32)14-18)28-16-29-24(20)33-21(17)23(30)27-15-25(10-5-6-11-25)19-7-3-2-4-8-19/h2-4,7-8,16,18H,5-6,9-15H2,1H3,(H,27,30)(H,26,28,29)/t18-/m0/s1. The van der Waals surface area contributed by atoms with Crippen LogP contribution < -0.4 is 10.6 Å². The maximum atomic E-state index is 13.3. The van der Waals surface area contributed by atoms with E-state index in [0.717, 1.165) is 28.6 Å². The molecule has 1 saturated heterocycles. The normalized spacial score (nSPS) is 21.0. The van der Waals surface area contributed by atoms with Crippen LogP contribution in [0.2, 0.25) is 0 Å². The molecule has 2 aliphatic rings. The Hall–Kier alpha value is -2.52. The van der Waals surface area contributed by atoms with E-state index in [0.29, 0.717) is 30.2 Å². The lowest BCUT2D eigenvalue weighted by Gasteiger charge is -2.30. The summed E-state index contributed by atoms with van der Waals surface area (Å²) in [5.74, 6) is 1.14. The second kappa shape index (κ2) is 9.26. The van der Waals surface area contributed by atoms with Crippen molar-refractivity contribution in [1.29, 1.82) is 0 Å². The number of thiophene rings is 1. The molecule has 2 fully saturated rings. The van der Waals surface area contributed by atoms with Gasteiger partial charge in [0.15, 0.2) is 9.84 Å². The molecule has 1 saturated carbocycles. The Morgan fingerprint density at radius 2 is 1.94 bits per heavy atom. The second-order valence-electron chi connectivity index (χ2n) is 9.64. The third kappa shape index (κ3) is 4.55. The van der Waals surface area contributed by atoms with E-state index in [4.69, 9.17) is 0 Å². The molecule has 3 heterocycles. The Labute approximate surface area is 204 Å². The molecular weight excluding hydrogens is 468 g/mol. The number of nitrogens with one attached hydrogen (secondary N) is 2. The van der Waals surface area contributed by atoms with Gasteiger partial charge in [-0.15, -0.1) is 11.3 Å². The number of hydrogen-bond donors (Lipinski definition) is 2. The summed E-state index contributed by atoms with van der Waals surface area (Å²) in [4.78, 5) is 23.5. The number of fused-ring (bicyclic) bond motifs is 1. The molecule has 1 aliphatic heterocycles. The van der Waals surface area contributed by atoms with Crippen LogP contribution in [0.1, 0.15) is 52.9 Å². The van der Waals surface area contributed by atoms with Crippen LogP contribution in [-0.2, 0) is 15.3 Å². The molecule has 1 atom stereocenters. The number of hydrogen-bond acceptors (Lipinski definition) is 7. The predicted molar refractivity (Wildman–Crippen MR) is 136 cm³/mol. The largest absolute Gasteiger partial charge is 0.369 e. The predicted octanol–water partition coefficient (Wildman–Crippen LogP) is 4.09. The minimum atomic E-state index is -2.92. The van der Waals surface area contributed by atoms with Crippen LogP contribution in [0.3, 0.4) is 0 Å². The first kappa shape index (κ1) is 23.2. The van der Waals surface area contributed by atoms with E-state index >= 15 is 0 Å². The van der Waals surface area contributed by atoms with E-state index in [1.54, 1.807) is 0 Å². The summed E-state index contributed by atoms with van der Waals surface area (Å²) < 4.78 is 23.5. The number of benzene rings is 1. The molecule has 2 aromatic heterocycles. The summed E-state index contributed by atoms with van der Waals surface area (Å²) in [6.07, 6.45) is 6.69. The van der Waals surface area contributed by atoms with Gasteiger partial charge in [-0.25, -0.2) is 18.4 Å². The van der Waals surface area contributed by atoms with Gasteiger partial charge in [-0.1, -0.05) is 43.2 Å². The molecule has 180 valence electrons. The van der Waals surface area contributed by atoms with Crippen molar-refractivity contribution in [3.63, 3.8) is 0 Å². The smallest absolute Gasteiger partial charge is 0.261 e. The first-order valence-corrected chi connectivity index (χ1v) is 14.5. The number of amides is 1. The van der Waals surface area contributed by atoms with E-state index in [9.17, 15) is 13.2 Å². The molecule has 0 spiro atoms. The fourth-order valence-corrected chi connectivity index (χ4v) is 8.36. The average molecular weight is 499 g/mol. The van der Waals surface area contributed by atoms with Crippen molar-refractivity contribution in [1.82, 2.24) is 15.3 Å². The molecule has 34 heavy (non-hydrogen) atoms. The van der Waals surface area contributed by atoms with E-state index in [2.05, 4.69) is 44.9 Å². The summed E-state index contributed by atoms with van der Waals surface area (Å²) >= 11 is 1.38. The summed E-state index contributed by atoms with van der Waals surface area (Å²) in [5, 5.41) is 7.39. The Morgan fingerprint density at radius 3 is 2.65 bits per heavy atom. The monoisotopic (exact) mass is 498 g/mol. The number of aromatic nitrogens is 2. The first-order valence-electron chi connectivity index (χ1n) is 11.9. The van der Waals surface area contributed by atoms with Gasteiger partial charge in [0.1, 0.15) is 17.0 Å². The lowest BCUT2D eigenvalue weighted by molar-refractivity contribution is 0.0946. The summed E-state index contributed by atoms with van der Waals surface area (Å²) in [6.45, 7) is 3.10. The molecule has 3 aromatic rings. The third-order valence-corrected chi connectivity index (χ3v) is 10.4. The SMILES string of the molecule is Cc1c(C(=O)NCC2(c3ccccc3)CCCC2)sc2ncnc(NC[C@@H]3CCS(=O)(=O)C3)c12.